The number of aromatic hydroxyl groups is 1. The molecule has 0 unspecified atom stereocenters. The zero-order valence-corrected chi connectivity index (χ0v) is 30.3. The standard InChI is InChI=1S/C20H19N3O4.C19H22N6O3/c1-2-22(20(26)27)15-6-3-5-14(11-15)12-18-19(25)9-10-23(21-18)16-7-4-8-17(24)13-16;1-2-28-19(27)22-15-5-3-4-14(10-15)11-17-18(26)6-8-25(23-17)16-12-21-24(13-16)9-7-20/h3-11,13,24H,2,12H2,1H3,(H,26,27);3-6,8,10,12-13H,2,7,9,11,20H2,1H3,(H,22,27). The molecule has 0 aliphatic rings. The van der Waals surface area contributed by atoms with Crippen molar-refractivity contribution < 1.29 is 24.5 Å². The van der Waals surface area contributed by atoms with E-state index in [1.165, 1.54) is 21.7 Å². The monoisotopic (exact) mass is 747 g/mol. The summed E-state index contributed by atoms with van der Waals surface area (Å²) in [6.07, 6.45) is 5.68. The van der Waals surface area contributed by atoms with Gasteiger partial charge in [-0.25, -0.2) is 19.0 Å². The summed E-state index contributed by atoms with van der Waals surface area (Å²) in [5.74, 6) is 0.107. The van der Waals surface area contributed by atoms with E-state index in [1.807, 2.05) is 18.3 Å². The van der Waals surface area contributed by atoms with Crippen LogP contribution in [0.3, 0.4) is 0 Å². The average molecular weight is 748 g/mol. The van der Waals surface area contributed by atoms with Crippen LogP contribution in [0.25, 0.3) is 11.4 Å². The second-order valence-electron chi connectivity index (χ2n) is 12.0. The number of nitrogens with two attached hydrogens (primary N) is 1. The first-order chi connectivity index (χ1) is 26.6. The zero-order chi connectivity index (χ0) is 39.3. The first-order valence-electron chi connectivity index (χ1n) is 17.4. The van der Waals surface area contributed by atoms with Crippen molar-refractivity contribution in [2.45, 2.75) is 33.2 Å². The maximum Gasteiger partial charge on any atom is 0.411 e. The first-order valence-corrected chi connectivity index (χ1v) is 17.4. The fraction of sp³-hybridized carbons (Fsp3) is 0.205. The van der Waals surface area contributed by atoms with Crippen molar-refractivity contribution >= 4 is 23.6 Å². The largest absolute Gasteiger partial charge is 0.508 e. The number of anilines is 2. The number of carbonyl (C=O) groups excluding carboxylic acids is 1. The lowest BCUT2D eigenvalue weighted by atomic mass is 10.1. The van der Waals surface area contributed by atoms with E-state index < -0.39 is 12.2 Å². The van der Waals surface area contributed by atoms with Crippen molar-refractivity contribution in [2.75, 3.05) is 29.9 Å². The van der Waals surface area contributed by atoms with Crippen LogP contribution >= 0.6 is 0 Å². The molecular formula is C39H41N9O7. The number of carbonyl (C=O) groups is 2. The van der Waals surface area contributed by atoms with E-state index in [-0.39, 0.29) is 23.0 Å². The van der Waals surface area contributed by atoms with Crippen LogP contribution in [0.1, 0.15) is 36.4 Å². The molecule has 0 spiro atoms. The highest BCUT2D eigenvalue weighted by molar-refractivity contribution is 5.86. The van der Waals surface area contributed by atoms with Crippen LogP contribution in [0.4, 0.5) is 21.0 Å². The number of hydrogen-bond donors (Lipinski definition) is 4. The van der Waals surface area contributed by atoms with Gasteiger partial charge in [0.2, 0.25) is 10.9 Å². The van der Waals surface area contributed by atoms with Crippen molar-refractivity contribution in [3.8, 4) is 17.1 Å². The van der Waals surface area contributed by atoms with Crippen LogP contribution in [-0.4, -0.2) is 71.4 Å². The summed E-state index contributed by atoms with van der Waals surface area (Å²) in [5.41, 5.74) is 10.0. The third kappa shape index (κ3) is 10.7. The molecular weight excluding hydrogens is 706 g/mol. The van der Waals surface area contributed by atoms with E-state index >= 15 is 0 Å². The molecule has 0 atom stereocenters. The summed E-state index contributed by atoms with van der Waals surface area (Å²) in [6.45, 7) is 5.20. The molecule has 0 saturated heterocycles. The quantitative estimate of drug-likeness (QED) is 0.136. The lowest BCUT2D eigenvalue weighted by Crippen LogP contribution is -2.28. The minimum Gasteiger partial charge on any atom is -0.508 e. The summed E-state index contributed by atoms with van der Waals surface area (Å²) in [4.78, 5) is 48.6. The van der Waals surface area contributed by atoms with Gasteiger partial charge in [0.15, 0.2) is 0 Å². The van der Waals surface area contributed by atoms with Crippen LogP contribution in [0, 0.1) is 0 Å². The first kappa shape index (κ1) is 39.1. The molecule has 0 bridgehead atoms. The highest BCUT2D eigenvalue weighted by Gasteiger charge is 2.14. The predicted molar refractivity (Wildman–Crippen MR) is 206 cm³/mol. The van der Waals surface area contributed by atoms with E-state index in [1.54, 1.807) is 102 Å². The van der Waals surface area contributed by atoms with Gasteiger partial charge >= 0.3 is 12.2 Å². The van der Waals surface area contributed by atoms with Gasteiger partial charge in [-0.1, -0.05) is 30.3 Å². The number of benzene rings is 3. The van der Waals surface area contributed by atoms with Crippen LogP contribution in [0.5, 0.6) is 5.75 Å². The molecule has 16 nitrogen and oxygen atoms in total. The molecule has 55 heavy (non-hydrogen) atoms. The molecule has 2 amide bonds. The fourth-order valence-corrected chi connectivity index (χ4v) is 5.48. The Morgan fingerprint density at radius 2 is 1.47 bits per heavy atom. The molecule has 284 valence electrons. The van der Waals surface area contributed by atoms with Gasteiger partial charge in [0.25, 0.3) is 0 Å². The van der Waals surface area contributed by atoms with Gasteiger partial charge in [-0.05, 0) is 61.4 Å². The van der Waals surface area contributed by atoms with Crippen molar-refractivity contribution in [1.29, 1.82) is 0 Å². The van der Waals surface area contributed by atoms with E-state index in [0.29, 0.717) is 61.1 Å². The van der Waals surface area contributed by atoms with Crippen molar-refractivity contribution in [1.82, 2.24) is 29.3 Å². The van der Waals surface area contributed by atoms with Crippen LogP contribution in [0.2, 0.25) is 0 Å². The summed E-state index contributed by atoms with van der Waals surface area (Å²) in [5, 5.41) is 34.6. The maximum atomic E-state index is 12.3. The minimum atomic E-state index is -1.03. The van der Waals surface area contributed by atoms with Crippen LogP contribution < -0.4 is 26.8 Å². The normalized spacial score (nSPS) is 10.6. The predicted octanol–water partition coefficient (Wildman–Crippen LogP) is 4.58. The number of carboxylic acid groups (broad SMARTS) is 1. The Morgan fingerprint density at radius 3 is 2.09 bits per heavy atom. The van der Waals surface area contributed by atoms with E-state index in [0.717, 1.165) is 16.8 Å². The number of ether oxygens (including phenoxy) is 1. The number of rotatable bonds is 12. The number of nitrogens with zero attached hydrogens (tertiary/aromatic N) is 7. The van der Waals surface area contributed by atoms with Crippen molar-refractivity contribution in [2.24, 2.45) is 5.73 Å². The molecule has 0 fully saturated rings. The second-order valence-corrected chi connectivity index (χ2v) is 12.0. The highest BCUT2D eigenvalue weighted by atomic mass is 16.5. The molecule has 3 heterocycles. The maximum absolute atomic E-state index is 12.3. The molecule has 3 aromatic heterocycles. The highest BCUT2D eigenvalue weighted by Crippen LogP contribution is 2.19. The Balaban J connectivity index is 0.000000211. The number of hydrogen-bond acceptors (Lipinski definition) is 10. The smallest absolute Gasteiger partial charge is 0.411 e. The van der Waals surface area contributed by atoms with Gasteiger partial charge < -0.3 is 20.7 Å². The van der Waals surface area contributed by atoms with Crippen LogP contribution in [-0.2, 0) is 24.1 Å². The Labute approximate surface area is 315 Å². The van der Waals surface area contributed by atoms with Gasteiger partial charge in [-0.3, -0.25) is 24.5 Å². The number of amides is 2. The van der Waals surface area contributed by atoms with E-state index in [9.17, 15) is 29.4 Å². The molecule has 0 aliphatic carbocycles. The van der Waals surface area contributed by atoms with E-state index in [4.69, 9.17) is 10.5 Å². The topological polar surface area (TPSA) is 213 Å². The van der Waals surface area contributed by atoms with Crippen molar-refractivity contribution in [3.05, 3.63) is 153 Å². The van der Waals surface area contributed by atoms with Gasteiger partial charge in [-0.15, -0.1) is 0 Å². The second kappa shape index (κ2) is 18.6. The zero-order valence-electron chi connectivity index (χ0n) is 30.3. The molecule has 16 heteroatoms. The van der Waals surface area contributed by atoms with Crippen LogP contribution in [0.15, 0.2) is 119 Å². The molecule has 5 N–H and O–H groups in total. The average Bonchev–Trinajstić information content (AvgIpc) is 3.63. The summed E-state index contributed by atoms with van der Waals surface area (Å²) >= 11 is 0. The van der Waals surface area contributed by atoms with Crippen molar-refractivity contribution in [3.63, 3.8) is 0 Å². The summed E-state index contributed by atoms with van der Waals surface area (Å²) in [6, 6.07) is 23.7. The number of phenolic OH excluding ortho intramolecular Hbond substituents is 1. The van der Waals surface area contributed by atoms with Gasteiger partial charge in [0.1, 0.15) is 22.8 Å². The molecule has 3 aromatic carbocycles. The Bertz CT molecular complexity index is 2370. The molecule has 6 rings (SSSR count). The number of nitrogens with one attached hydrogen (secondary N) is 1. The SMILES string of the molecule is CCN(C(=O)O)c1cccc(Cc2nn(-c3cccc(O)c3)ccc2=O)c1.CCOC(=O)Nc1cccc(Cc2nn(-c3cnn(CCN)c3)ccc2=O)c1. The third-order valence-electron chi connectivity index (χ3n) is 8.06. The third-order valence-corrected chi connectivity index (χ3v) is 8.06. The molecule has 6 aromatic rings. The number of phenols is 1. The lowest BCUT2D eigenvalue weighted by molar-refractivity contribution is 0.168. The van der Waals surface area contributed by atoms with Gasteiger partial charge in [0, 0.05) is 67.9 Å². The molecule has 0 saturated carbocycles. The van der Waals surface area contributed by atoms with Gasteiger partial charge in [-0.2, -0.15) is 15.3 Å². The summed E-state index contributed by atoms with van der Waals surface area (Å²) < 4.78 is 9.73. The van der Waals surface area contributed by atoms with Gasteiger partial charge in [0.05, 0.1) is 31.2 Å². The number of aromatic nitrogens is 6. The minimum absolute atomic E-state index is 0.107. The molecule has 0 aliphatic heterocycles. The summed E-state index contributed by atoms with van der Waals surface area (Å²) in [7, 11) is 0. The Hall–Kier alpha value is -7.07. The fourth-order valence-electron chi connectivity index (χ4n) is 5.48. The van der Waals surface area contributed by atoms with E-state index in [2.05, 4.69) is 20.6 Å². The Kier molecular flexibility index (Phi) is 13.2. The lowest BCUT2D eigenvalue weighted by Gasteiger charge is -2.17. The Morgan fingerprint density at radius 1 is 0.836 bits per heavy atom. The molecule has 0 radical (unpaired) electrons.